The fourth-order valence-corrected chi connectivity index (χ4v) is 5.00. The van der Waals surface area contributed by atoms with E-state index in [2.05, 4.69) is 48.1 Å². The zero-order chi connectivity index (χ0) is 23.9. The molecule has 1 atom stereocenters. The largest absolute Gasteiger partial charge is 0.506 e. The fraction of sp³-hybridized carbons (Fsp3) is 0.182. The Bertz CT molecular complexity index is 1280. The molecule has 0 saturated carbocycles. The molecule has 0 spiro atoms. The summed E-state index contributed by atoms with van der Waals surface area (Å²) >= 11 is 6.71. The summed E-state index contributed by atoms with van der Waals surface area (Å²) in [5, 5.41) is 27.4. The molecule has 2 heterocycles. The van der Waals surface area contributed by atoms with Gasteiger partial charge in [0.1, 0.15) is 17.4 Å². The van der Waals surface area contributed by atoms with Gasteiger partial charge in [-0.3, -0.25) is 5.10 Å². The molecular formula is C22H18Br2N4O5. The number of ether oxygens (including phenoxy) is 4. The summed E-state index contributed by atoms with van der Waals surface area (Å²) in [6.45, 7) is 0. The van der Waals surface area contributed by atoms with Crippen molar-refractivity contribution >= 4 is 31.9 Å². The Kier molecular flexibility index (Phi) is 6.14. The van der Waals surface area contributed by atoms with Crippen LogP contribution in [0.4, 0.5) is 0 Å². The number of aromatic nitrogens is 2. The third kappa shape index (κ3) is 3.75. The van der Waals surface area contributed by atoms with Crippen LogP contribution in [-0.2, 0) is 0 Å². The molecule has 11 heteroatoms. The fourth-order valence-electron chi connectivity index (χ4n) is 3.78. The van der Waals surface area contributed by atoms with E-state index in [0.29, 0.717) is 48.6 Å². The molecule has 0 saturated heterocycles. The second kappa shape index (κ2) is 8.88. The first kappa shape index (κ1) is 22.8. The van der Waals surface area contributed by atoms with Gasteiger partial charge in [0.2, 0.25) is 17.5 Å². The van der Waals surface area contributed by atoms with Gasteiger partial charge in [-0.05, 0) is 61.7 Å². The second-order valence-corrected chi connectivity index (χ2v) is 8.70. The van der Waals surface area contributed by atoms with Gasteiger partial charge in [-0.15, -0.1) is 5.10 Å². The van der Waals surface area contributed by atoms with E-state index in [-0.39, 0.29) is 23.1 Å². The number of halogens is 2. The maximum atomic E-state index is 10.2. The molecule has 3 aromatic rings. The number of nitrogens with one attached hydrogen (secondary N) is 1. The van der Waals surface area contributed by atoms with Crippen LogP contribution in [0.3, 0.4) is 0 Å². The SMILES string of the molecule is COc1cc(-c2[nH]nc3c2[C@@H](c2cc(Br)c(O)c(Br)c2)C(C#N)=C(N)O3)cc(OC)c1OC. The molecule has 0 unspecified atom stereocenters. The van der Waals surface area contributed by atoms with Crippen molar-refractivity contribution in [2.75, 3.05) is 21.3 Å². The van der Waals surface area contributed by atoms with Gasteiger partial charge in [0.25, 0.3) is 0 Å². The summed E-state index contributed by atoms with van der Waals surface area (Å²) in [7, 11) is 4.57. The molecule has 4 rings (SSSR count). The van der Waals surface area contributed by atoms with Crippen LogP contribution in [0.2, 0.25) is 0 Å². The standard InChI is InChI=1S/C22H18Br2N4O5/c1-30-14-6-10(7-15(31-2)20(14)32-3)18-17-16(9-4-12(23)19(29)13(24)5-9)11(8-25)21(26)33-22(17)28-27-18/h4-7,16,29H,26H2,1-3H3,(H,27,28)/t16-/m0/s1. The van der Waals surface area contributed by atoms with E-state index in [1.54, 1.807) is 24.3 Å². The minimum absolute atomic E-state index is 0.0403. The molecule has 170 valence electrons. The number of benzene rings is 2. The summed E-state index contributed by atoms with van der Waals surface area (Å²) in [5.74, 6) is 0.957. The Balaban J connectivity index is 1.99. The topological polar surface area (TPSA) is 136 Å². The van der Waals surface area contributed by atoms with E-state index in [1.165, 1.54) is 21.3 Å². The van der Waals surface area contributed by atoms with Gasteiger partial charge in [0.15, 0.2) is 11.5 Å². The lowest BCUT2D eigenvalue weighted by atomic mass is 9.83. The summed E-state index contributed by atoms with van der Waals surface area (Å²) in [6.07, 6.45) is 0. The zero-order valence-corrected chi connectivity index (χ0v) is 20.9. The third-order valence-electron chi connectivity index (χ3n) is 5.26. The highest BCUT2D eigenvalue weighted by Crippen LogP contribution is 2.49. The highest BCUT2D eigenvalue weighted by Gasteiger charge is 2.36. The molecule has 1 aliphatic rings. The van der Waals surface area contributed by atoms with Crippen LogP contribution in [0.25, 0.3) is 11.3 Å². The summed E-state index contributed by atoms with van der Waals surface area (Å²) < 4.78 is 23.0. The maximum absolute atomic E-state index is 10.2. The molecule has 2 aromatic carbocycles. The molecular weight excluding hydrogens is 560 g/mol. The lowest BCUT2D eigenvalue weighted by molar-refractivity contribution is 0.324. The Labute approximate surface area is 206 Å². The number of hydrogen-bond acceptors (Lipinski definition) is 8. The molecule has 0 amide bonds. The molecule has 0 fully saturated rings. The number of phenols is 1. The predicted molar refractivity (Wildman–Crippen MR) is 126 cm³/mol. The first-order valence-corrected chi connectivity index (χ1v) is 11.1. The number of H-pyrrole nitrogens is 1. The Morgan fingerprint density at radius 3 is 2.21 bits per heavy atom. The van der Waals surface area contributed by atoms with Crippen LogP contribution in [0.15, 0.2) is 44.7 Å². The second-order valence-electron chi connectivity index (χ2n) is 6.99. The van der Waals surface area contributed by atoms with Crippen molar-refractivity contribution in [1.29, 1.82) is 5.26 Å². The van der Waals surface area contributed by atoms with Crippen LogP contribution < -0.4 is 24.7 Å². The average Bonchev–Trinajstić information content (AvgIpc) is 3.23. The summed E-state index contributed by atoms with van der Waals surface area (Å²) in [5.41, 5.74) is 8.81. The average molecular weight is 578 g/mol. The molecule has 33 heavy (non-hydrogen) atoms. The van der Waals surface area contributed by atoms with Crippen LogP contribution >= 0.6 is 31.9 Å². The van der Waals surface area contributed by atoms with E-state index in [0.717, 1.165) is 0 Å². The van der Waals surface area contributed by atoms with Crippen molar-refractivity contribution in [3.05, 3.63) is 55.8 Å². The summed E-state index contributed by atoms with van der Waals surface area (Å²) in [6, 6.07) is 9.12. The van der Waals surface area contributed by atoms with Crippen LogP contribution in [0.5, 0.6) is 28.9 Å². The number of methoxy groups -OCH3 is 3. The van der Waals surface area contributed by atoms with Gasteiger partial charge in [-0.2, -0.15) is 5.26 Å². The molecule has 1 aromatic heterocycles. The first-order chi connectivity index (χ1) is 15.8. The highest BCUT2D eigenvalue weighted by atomic mass is 79.9. The van der Waals surface area contributed by atoms with E-state index in [4.69, 9.17) is 24.7 Å². The van der Waals surface area contributed by atoms with Gasteiger partial charge in [-0.25, -0.2) is 0 Å². The molecule has 0 bridgehead atoms. The summed E-state index contributed by atoms with van der Waals surface area (Å²) in [4.78, 5) is 0. The highest BCUT2D eigenvalue weighted by molar-refractivity contribution is 9.11. The van der Waals surface area contributed by atoms with Gasteiger partial charge in [0, 0.05) is 5.56 Å². The lowest BCUT2D eigenvalue weighted by Gasteiger charge is -2.25. The number of nitrogens with two attached hydrogens (primary N) is 1. The first-order valence-electron chi connectivity index (χ1n) is 9.48. The molecule has 1 aliphatic heterocycles. The van der Waals surface area contributed by atoms with Crippen molar-refractivity contribution in [1.82, 2.24) is 10.2 Å². The van der Waals surface area contributed by atoms with Crippen molar-refractivity contribution in [3.8, 4) is 46.2 Å². The molecule has 0 radical (unpaired) electrons. The van der Waals surface area contributed by atoms with E-state index < -0.39 is 5.92 Å². The van der Waals surface area contributed by atoms with Gasteiger partial charge in [0.05, 0.1) is 47.5 Å². The minimum atomic E-state index is -0.625. The van der Waals surface area contributed by atoms with Crippen LogP contribution in [-0.4, -0.2) is 36.6 Å². The number of rotatable bonds is 5. The minimum Gasteiger partial charge on any atom is -0.506 e. The maximum Gasteiger partial charge on any atom is 0.244 e. The van der Waals surface area contributed by atoms with Gasteiger partial charge >= 0.3 is 0 Å². The number of phenolic OH excluding ortho intramolecular Hbond substituents is 1. The van der Waals surface area contributed by atoms with Crippen molar-refractivity contribution < 1.29 is 24.1 Å². The Morgan fingerprint density at radius 2 is 1.70 bits per heavy atom. The normalized spacial score (nSPS) is 14.8. The van der Waals surface area contributed by atoms with Gasteiger partial charge < -0.3 is 29.8 Å². The number of aromatic amines is 1. The number of hydrogen-bond donors (Lipinski definition) is 3. The number of nitriles is 1. The number of allylic oxidation sites excluding steroid dienone is 1. The molecule has 0 aliphatic carbocycles. The van der Waals surface area contributed by atoms with Crippen molar-refractivity contribution in [3.63, 3.8) is 0 Å². The number of fused-ring (bicyclic) bond motifs is 1. The van der Waals surface area contributed by atoms with Gasteiger partial charge in [-0.1, -0.05) is 0 Å². The van der Waals surface area contributed by atoms with E-state index in [1.807, 2.05) is 0 Å². The Morgan fingerprint density at radius 1 is 1.09 bits per heavy atom. The zero-order valence-electron chi connectivity index (χ0n) is 17.7. The number of nitrogens with zero attached hydrogens (tertiary/aromatic N) is 2. The predicted octanol–water partition coefficient (Wildman–Crippen LogP) is 4.55. The monoisotopic (exact) mass is 576 g/mol. The molecule has 9 nitrogen and oxygen atoms in total. The van der Waals surface area contributed by atoms with E-state index >= 15 is 0 Å². The quantitative estimate of drug-likeness (QED) is 0.402. The third-order valence-corrected chi connectivity index (χ3v) is 6.47. The number of aromatic hydroxyl groups is 1. The van der Waals surface area contributed by atoms with E-state index in [9.17, 15) is 10.4 Å². The molecule has 4 N–H and O–H groups in total. The van der Waals surface area contributed by atoms with Crippen molar-refractivity contribution in [2.45, 2.75) is 5.92 Å². The van der Waals surface area contributed by atoms with Crippen LogP contribution in [0.1, 0.15) is 17.0 Å². The smallest absolute Gasteiger partial charge is 0.244 e. The Hall–Kier alpha value is -3.36. The lowest BCUT2D eigenvalue weighted by Crippen LogP contribution is -2.21. The van der Waals surface area contributed by atoms with Crippen molar-refractivity contribution in [2.24, 2.45) is 5.73 Å². The van der Waals surface area contributed by atoms with Crippen LogP contribution in [0, 0.1) is 11.3 Å².